The molecule has 0 aromatic carbocycles. The summed E-state index contributed by atoms with van der Waals surface area (Å²) in [5.74, 6) is 1.97. The van der Waals surface area contributed by atoms with Gasteiger partial charge in [0.2, 0.25) is 17.2 Å². The molecule has 2 N–H and O–H groups in total. The number of hydrogen-bond acceptors (Lipinski definition) is 7. The largest absolute Gasteiger partial charge is 0.378 e. The molecule has 0 amide bonds. The number of ether oxygens (including phenoxy) is 1. The molecule has 1 aliphatic heterocycles. The number of aromatic nitrogens is 5. The summed E-state index contributed by atoms with van der Waals surface area (Å²) in [6.45, 7) is 3.52. The summed E-state index contributed by atoms with van der Waals surface area (Å²) < 4.78 is 5.32. The first kappa shape index (κ1) is 14.0. The van der Waals surface area contributed by atoms with Gasteiger partial charge in [0, 0.05) is 38.4 Å². The number of halogens is 1. The minimum absolute atomic E-state index is 0.187. The highest BCUT2D eigenvalue weighted by molar-refractivity contribution is 6.28. The van der Waals surface area contributed by atoms with E-state index in [0.29, 0.717) is 31.7 Å². The van der Waals surface area contributed by atoms with Gasteiger partial charge in [0.15, 0.2) is 0 Å². The summed E-state index contributed by atoms with van der Waals surface area (Å²) in [7, 11) is 0. The van der Waals surface area contributed by atoms with Crippen molar-refractivity contribution in [1.82, 2.24) is 24.9 Å². The Morgan fingerprint density at radius 1 is 1.29 bits per heavy atom. The number of nitrogens with one attached hydrogen (secondary N) is 2. The van der Waals surface area contributed by atoms with Crippen molar-refractivity contribution in [2.75, 3.05) is 43.1 Å². The lowest BCUT2D eigenvalue weighted by molar-refractivity contribution is 0.122. The quantitative estimate of drug-likeness (QED) is 0.841. The van der Waals surface area contributed by atoms with Crippen LogP contribution in [0, 0.1) is 0 Å². The van der Waals surface area contributed by atoms with Crippen LogP contribution in [0.2, 0.25) is 5.28 Å². The molecule has 3 heterocycles. The number of anilines is 2. The lowest BCUT2D eigenvalue weighted by atomic mass is 10.4. The van der Waals surface area contributed by atoms with E-state index < -0.39 is 0 Å². The molecule has 1 aliphatic rings. The van der Waals surface area contributed by atoms with Crippen LogP contribution in [-0.2, 0) is 11.2 Å². The summed E-state index contributed by atoms with van der Waals surface area (Å²) in [6, 6.07) is 0. The number of imidazole rings is 1. The van der Waals surface area contributed by atoms with E-state index in [9.17, 15) is 0 Å². The molecule has 9 heteroatoms. The lowest BCUT2D eigenvalue weighted by Crippen LogP contribution is -2.37. The van der Waals surface area contributed by atoms with Gasteiger partial charge in [-0.25, -0.2) is 4.98 Å². The number of hydrogen-bond donors (Lipinski definition) is 2. The van der Waals surface area contributed by atoms with Gasteiger partial charge in [0.05, 0.1) is 13.2 Å². The number of H-pyrrole nitrogens is 1. The Bertz CT molecular complexity index is 571. The number of nitrogens with zero attached hydrogens (tertiary/aromatic N) is 5. The second kappa shape index (κ2) is 6.68. The summed E-state index contributed by atoms with van der Waals surface area (Å²) >= 11 is 5.97. The van der Waals surface area contributed by atoms with Gasteiger partial charge in [-0.15, -0.1) is 0 Å². The Morgan fingerprint density at radius 2 is 2.14 bits per heavy atom. The number of aromatic amines is 1. The van der Waals surface area contributed by atoms with Gasteiger partial charge >= 0.3 is 0 Å². The van der Waals surface area contributed by atoms with E-state index >= 15 is 0 Å². The van der Waals surface area contributed by atoms with Crippen LogP contribution < -0.4 is 10.2 Å². The predicted molar refractivity (Wildman–Crippen MR) is 78.7 cm³/mol. The fourth-order valence-electron chi connectivity index (χ4n) is 2.05. The van der Waals surface area contributed by atoms with Gasteiger partial charge in [0.25, 0.3) is 0 Å². The van der Waals surface area contributed by atoms with Crippen molar-refractivity contribution in [2.24, 2.45) is 0 Å². The molecule has 0 saturated carbocycles. The Morgan fingerprint density at radius 3 is 2.90 bits per heavy atom. The van der Waals surface area contributed by atoms with Gasteiger partial charge in [-0.05, 0) is 11.6 Å². The van der Waals surface area contributed by atoms with E-state index in [0.717, 1.165) is 25.3 Å². The molecule has 0 bridgehead atoms. The predicted octanol–water partition coefficient (Wildman–Crippen LogP) is 0.739. The zero-order chi connectivity index (χ0) is 14.5. The number of morpholine rings is 1. The third kappa shape index (κ3) is 3.79. The van der Waals surface area contributed by atoms with Gasteiger partial charge in [-0.2, -0.15) is 15.0 Å². The average Bonchev–Trinajstić information content (AvgIpc) is 3.01. The minimum atomic E-state index is 0.187. The maximum absolute atomic E-state index is 5.97. The lowest BCUT2D eigenvalue weighted by Gasteiger charge is -2.26. The smallest absolute Gasteiger partial charge is 0.231 e. The van der Waals surface area contributed by atoms with E-state index in [4.69, 9.17) is 16.3 Å². The van der Waals surface area contributed by atoms with Crippen LogP contribution in [0.15, 0.2) is 12.4 Å². The maximum atomic E-state index is 5.97. The van der Waals surface area contributed by atoms with E-state index in [1.165, 1.54) is 0 Å². The van der Waals surface area contributed by atoms with Crippen LogP contribution in [0.3, 0.4) is 0 Å². The standard InChI is InChI=1S/C12H16ClN7O/c13-10-17-11(16-2-1-9-14-3-4-15-9)19-12(18-10)20-5-7-21-8-6-20/h3-4H,1-2,5-8H2,(H,14,15)(H,16,17,18,19). The van der Waals surface area contributed by atoms with Crippen LogP contribution in [-0.4, -0.2) is 57.8 Å². The van der Waals surface area contributed by atoms with Crippen LogP contribution in [0.4, 0.5) is 11.9 Å². The average molecular weight is 310 g/mol. The molecule has 0 atom stereocenters. The Labute approximate surface area is 126 Å². The van der Waals surface area contributed by atoms with E-state index in [-0.39, 0.29) is 5.28 Å². The molecule has 1 saturated heterocycles. The van der Waals surface area contributed by atoms with E-state index in [1.54, 1.807) is 12.4 Å². The summed E-state index contributed by atoms with van der Waals surface area (Å²) in [4.78, 5) is 21.9. The molecular formula is C12H16ClN7O. The first-order valence-corrected chi connectivity index (χ1v) is 7.15. The Balaban J connectivity index is 1.63. The zero-order valence-electron chi connectivity index (χ0n) is 11.4. The van der Waals surface area contributed by atoms with Crippen molar-refractivity contribution in [2.45, 2.75) is 6.42 Å². The third-order valence-corrected chi connectivity index (χ3v) is 3.26. The SMILES string of the molecule is Clc1nc(NCCc2ncc[nH]2)nc(N2CCOCC2)n1. The third-order valence-electron chi connectivity index (χ3n) is 3.09. The molecule has 2 aromatic heterocycles. The first-order chi connectivity index (χ1) is 10.3. The molecule has 0 aliphatic carbocycles. The highest BCUT2D eigenvalue weighted by Crippen LogP contribution is 2.14. The van der Waals surface area contributed by atoms with Crippen molar-refractivity contribution in [1.29, 1.82) is 0 Å². The van der Waals surface area contributed by atoms with Crippen molar-refractivity contribution in [3.05, 3.63) is 23.5 Å². The highest BCUT2D eigenvalue weighted by Gasteiger charge is 2.15. The molecule has 0 radical (unpaired) electrons. The van der Waals surface area contributed by atoms with Crippen LogP contribution in [0.5, 0.6) is 0 Å². The minimum Gasteiger partial charge on any atom is -0.378 e. The molecule has 0 unspecified atom stereocenters. The number of rotatable bonds is 5. The molecule has 3 rings (SSSR count). The second-order valence-electron chi connectivity index (χ2n) is 4.54. The summed E-state index contributed by atoms with van der Waals surface area (Å²) in [5, 5.41) is 3.33. The van der Waals surface area contributed by atoms with E-state index in [1.807, 2.05) is 4.90 Å². The van der Waals surface area contributed by atoms with Crippen LogP contribution in [0.1, 0.15) is 5.82 Å². The Kier molecular flexibility index (Phi) is 4.46. The first-order valence-electron chi connectivity index (χ1n) is 6.77. The van der Waals surface area contributed by atoms with Crippen molar-refractivity contribution >= 4 is 23.5 Å². The van der Waals surface area contributed by atoms with Crippen LogP contribution in [0.25, 0.3) is 0 Å². The molecular weight excluding hydrogens is 294 g/mol. The molecule has 1 fully saturated rings. The monoisotopic (exact) mass is 309 g/mol. The fraction of sp³-hybridized carbons (Fsp3) is 0.500. The zero-order valence-corrected chi connectivity index (χ0v) is 12.2. The van der Waals surface area contributed by atoms with Crippen molar-refractivity contribution < 1.29 is 4.74 Å². The molecule has 2 aromatic rings. The second-order valence-corrected chi connectivity index (χ2v) is 4.88. The fourth-order valence-corrected chi connectivity index (χ4v) is 2.21. The van der Waals surface area contributed by atoms with Gasteiger partial charge in [-0.1, -0.05) is 0 Å². The van der Waals surface area contributed by atoms with Gasteiger partial charge < -0.3 is 19.9 Å². The topological polar surface area (TPSA) is 91.9 Å². The normalized spacial score (nSPS) is 15.2. The molecule has 0 spiro atoms. The molecule has 21 heavy (non-hydrogen) atoms. The van der Waals surface area contributed by atoms with Crippen LogP contribution >= 0.6 is 11.6 Å². The molecule has 8 nitrogen and oxygen atoms in total. The summed E-state index contributed by atoms with van der Waals surface area (Å²) in [6.07, 6.45) is 4.28. The maximum Gasteiger partial charge on any atom is 0.231 e. The Hall–Kier alpha value is -1.93. The van der Waals surface area contributed by atoms with Crippen molar-refractivity contribution in [3.63, 3.8) is 0 Å². The van der Waals surface area contributed by atoms with Gasteiger partial charge in [-0.3, -0.25) is 0 Å². The highest BCUT2D eigenvalue weighted by atomic mass is 35.5. The molecule has 112 valence electrons. The summed E-state index contributed by atoms with van der Waals surface area (Å²) in [5.41, 5.74) is 0. The van der Waals surface area contributed by atoms with E-state index in [2.05, 4.69) is 30.2 Å². The van der Waals surface area contributed by atoms with Gasteiger partial charge in [0.1, 0.15) is 5.82 Å². The van der Waals surface area contributed by atoms with Crippen molar-refractivity contribution in [3.8, 4) is 0 Å².